The van der Waals surface area contributed by atoms with E-state index in [1.807, 2.05) is 6.07 Å². The maximum atomic E-state index is 10.9. The number of esters is 1. The van der Waals surface area contributed by atoms with Gasteiger partial charge >= 0.3 is 5.97 Å². The van der Waals surface area contributed by atoms with Crippen LogP contribution in [-0.4, -0.2) is 37.8 Å². The lowest BCUT2D eigenvalue weighted by Crippen LogP contribution is -2.30. The highest BCUT2D eigenvalue weighted by molar-refractivity contribution is 5.88. The molecule has 2 heterocycles. The van der Waals surface area contributed by atoms with E-state index in [1.165, 1.54) is 7.11 Å². The van der Waals surface area contributed by atoms with Gasteiger partial charge in [0.05, 0.1) is 13.7 Å². The molecule has 106 valence electrons. The van der Waals surface area contributed by atoms with Crippen LogP contribution >= 0.6 is 0 Å². The van der Waals surface area contributed by atoms with Crippen molar-refractivity contribution in [2.75, 3.05) is 26.8 Å². The molecule has 0 bridgehead atoms. The highest BCUT2D eigenvalue weighted by atomic mass is 16.5. The molecule has 5 heteroatoms. The summed E-state index contributed by atoms with van der Waals surface area (Å²) in [7, 11) is 1.29. The van der Waals surface area contributed by atoms with Crippen molar-refractivity contribution < 1.29 is 14.3 Å². The number of nitrogens with one attached hydrogen (secondary N) is 1. The standard InChI is InChI=1S/C15H18N2O3/c1-19-15(18)6-5-13-3-2-4-14(17-13)20-11-12-7-9-16-10-8-12/h2-4,12,16H,7-11H2,1H3. The van der Waals surface area contributed by atoms with Crippen molar-refractivity contribution in [3.05, 3.63) is 23.9 Å². The Morgan fingerprint density at radius 1 is 1.45 bits per heavy atom. The zero-order chi connectivity index (χ0) is 14.2. The number of ether oxygens (including phenoxy) is 2. The van der Waals surface area contributed by atoms with Gasteiger partial charge in [-0.25, -0.2) is 9.78 Å². The van der Waals surface area contributed by atoms with E-state index in [2.05, 4.69) is 26.9 Å². The van der Waals surface area contributed by atoms with Gasteiger partial charge in [0.1, 0.15) is 5.69 Å². The first kappa shape index (κ1) is 14.4. The maximum Gasteiger partial charge on any atom is 0.384 e. The quantitative estimate of drug-likeness (QED) is 0.658. The van der Waals surface area contributed by atoms with Gasteiger partial charge in [0.25, 0.3) is 0 Å². The van der Waals surface area contributed by atoms with Crippen LogP contribution in [0.3, 0.4) is 0 Å². The molecule has 1 aromatic heterocycles. The summed E-state index contributed by atoms with van der Waals surface area (Å²) in [5.74, 6) is 5.53. The van der Waals surface area contributed by atoms with Crippen molar-refractivity contribution in [1.29, 1.82) is 0 Å². The Balaban J connectivity index is 1.91. The van der Waals surface area contributed by atoms with Crippen molar-refractivity contribution in [3.63, 3.8) is 0 Å². The van der Waals surface area contributed by atoms with Crippen LogP contribution in [0.15, 0.2) is 18.2 Å². The summed E-state index contributed by atoms with van der Waals surface area (Å²) in [5, 5.41) is 3.32. The lowest BCUT2D eigenvalue weighted by molar-refractivity contribution is -0.133. The average molecular weight is 274 g/mol. The van der Waals surface area contributed by atoms with Crippen LogP contribution < -0.4 is 10.1 Å². The van der Waals surface area contributed by atoms with Gasteiger partial charge in [0, 0.05) is 12.0 Å². The molecule has 0 aromatic carbocycles. The van der Waals surface area contributed by atoms with E-state index in [0.717, 1.165) is 25.9 Å². The molecule has 1 fully saturated rings. The number of nitrogens with zero attached hydrogens (tertiary/aromatic N) is 1. The fourth-order valence-electron chi connectivity index (χ4n) is 1.98. The third kappa shape index (κ3) is 4.56. The summed E-state index contributed by atoms with van der Waals surface area (Å²) in [5.41, 5.74) is 0.498. The topological polar surface area (TPSA) is 60.5 Å². The van der Waals surface area contributed by atoms with E-state index in [4.69, 9.17) is 4.74 Å². The van der Waals surface area contributed by atoms with Crippen LogP contribution in [-0.2, 0) is 9.53 Å². The number of carbonyl (C=O) groups excluding carboxylic acids is 1. The van der Waals surface area contributed by atoms with Crippen LogP contribution in [0.4, 0.5) is 0 Å². The van der Waals surface area contributed by atoms with Gasteiger partial charge in [-0.2, -0.15) is 0 Å². The first-order chi connectivity index (χ1) is 9.78. The third-order valence-electron chi connectivity index (χ3n) is 3.13. The first-order valence-electron chi connectivity index (χ1n) is 6.68. The monoisotopic (exact) mass is 274 g/mol. The Bertz CT molecular complexity index is 513. The zero-order valence-electron chi connectivity index (χ0n) is 11.5. The Labute approximate surface area is 118 Å². The SMILES string of the molecule is COC(=O)C#Cc1cccc(OCC2CCNCC2)n1. The third-order valence-corrected chi connectivity index (χ3v) is 3.13. The number of carbonyl (C=O) groups is 1. The minimum absolute atomic E-state index is 0.498. The summed E-state index contributed by atoms with van der Waals surface area (Å²) in [4.78, 5) is 15.2. The number of pyridine rings is 1. The molecule has 1 aromatic rings. The molecule has 0 atom stereocenters. The summed E-state index contributed by atoms with van der Waals surface area (Å²) in [6.07, 6.45) is 2.25. The van der Waals surface area contributed by atoms with Gasteiger partial charge in [-0.15, -0.1) is 0 Å². The lowest BCUT2D eigenvalue weighted by atomic mass is 9.99. The summed E-state index contributed by atoms with van der Waals surface area (Å²) >= 11 is 0. The molecular weight excluding hydrogens is 256 g/mol. The normalized spacial score (nSPS) is 15.1. The molecule has 0 radical (unpaired) electrons. The van der Waals surface area contributed by atoms with Crippen LogP contribution in [0.5, 0.6) is 5.88 Å². The molecule has 0 unspecified atom stereocenters. The Morgan fingerprint density at radius 3 is 3.00 bits per heavy atom. The molecular formula is C15H18N2O3. The van der Waals surface area contributed by atoms with E-state index in [-0.39, 0.29) is 0 Å². The van der Waals surface area contributed by atoms with Gasteiger partial charge in [0.15, 0.2) is 0 Å². The Morgan fingerprint density at radius 2 is 2.25 bits per heavy atom. The average Bonchev–Trinajstić information content (AvgIpc) is 2.52. The Hall–Kier alpha value is -2.06. The van der Waals surface area contributed by atoms with Crippen LogP contribution in [0, 0.1) is 17.8 Å². The smallest absolute Gasteiger partial charge is 0.384 e. The van der Waals surface area contributed by atoms with Gasteiger partial charge in [-0.05, 0) is 43.8 Å². The maximum absolute atomic E-state index is 10.9. The second-order valence-corrected chi connectivity index (χ2v) is 4.61. The van der Waals surface area contributed by atoms with Crippen molar-refractivity contribution >= 4 is 5.97 Å². The summed E-state index contributed by atoms with van der Waals surface area (Å²) in [6, 6.07) is 5.34. The number of piperidine rings is 1. The highest BCUT2D eigenvalue weighted by Crippen LogP contribution is 2.14. The molecule has 1 N–H and O–H groups in total. The van der Waals surface area contributed by atoms with E-state index < -0.39 is 5.97 Å². The second kappa shape index (κ2) is 7.51. The Kier molecular flexibility index (Phi) is 5.39. The largest absolute Gasteiger partial charge is 0.477 e. The van der Waals surface area contributed by atoms with Crippen molar-refractivity contribution in [2.45, 2.75) is 12.8 Å². The zero-order valence-corrected chi connectivity index (χ0v) is 11.5. The second-order valence-electron chi connectivity index (χ2n) is 4.61. The molecule has 2 rings (SSSR count). The van der Waals surface area contributed by atoms with Crippen LogP contribution in [0.2, 0.25) is 0 Å². The van der Waals surface area contributed by atoms with Crippen molar-refractivity contribution in [1.82, 2.24) is 10.3 Å². The molecule has 0 aliphatic carbocycles. The predicted molar refractivity (Wildman–Crippen MR) is 74.2 cm³/mol. The van der Waals surface area contributed by atoms with Gasteiger partial charge in [-0.3, -0.25) is 0 Å². The summed E-state index contributed by atoms with van der Waals surface area (Å²) in [6.45, 7) is 2.76. The van der Waals surface area contributed by atoms with E-state index in [1.54, 1.807) is 12.1 Å². The van der Waals surface area contributed by atoms with Gasteiger partial charge in [-0.1, -0.05) is 6.07 Å². The van der Waals surface area contributed by atoms with Crippen molar-refractivity contribution in [2.24, 2.45) is 5.92 Å². The van der Waals surface area contributed by atoms with Crippen LogP contribution in [0.1, 0.15) is 18.5 Å². The fraction of sp³-hybridized carbons (Fsp3) is 0.467. The van der Waals surface area contributed by atoms with Gasteiger partial charge in [0.2, 0.25) is 5.88 Å². The van der Waals surface area contributed by atoms with Gasteiger partial charge < -0.3 is 14.8 Å². The number of hydrogen-bond donors (Lipinski definition) is 1. The number of aromatic nitrogens is 1. The first-order valence-corrected chi connectivity index (χ1v) is 6.68. The van der Waals surface area contributed by atoms with E-state index >= 15 is 0 Å². The van der Waals surface area contributed by atoms with E-state index in [9.17, 15) is 4.79 Å². The molecule has 1 aliphatic heterocycles. The molecule has 20 heavy (non-hydrogen) atoms. The number of rotatable bonds is 3. The number of methoxy groups -OCH3 is 1. The molecule has 0 spiro atoms. The molecule has 5 nitrogen and oxygen atoms in total. The van der Waals surface area contributed by atoms with Crippen molar-refractivity contribution in [3.8, 4) is 17.7 Å². The minimum atomic E-state index is -0.576. The summed E-state index contributed by atoms with van der Waals surface area (Å²) < 4.78 is 10.1. The van der Waals surface area contributed by atoms with Crippen LogP contribution in [0.25, 0.3) is 0 Å². The molecule has 1 aliphatic rings. The minimum Gasteiger partial charge on any atom is -0.477 e. The molecule has 0 saturated carbocycles. The van der Waals surface area contributed by atoms with E-state index in [0.29, 0.717) is 24.1 Å². The molecule has 0 amide bonds. The number of hydrogen-bond acceptors (Lipinski definition) is 5. The molecule has 1 saturated heterocycles. The highest BCUT2D eigenvalue weighted by Gasteiger charge is 2.13. The predicted octanol–water partition coefficient (Wildman–Crippen LogP) is 0.984. The lowest BCUT2D eigenvalue weighted by Gasteiger charge is -2.22. The fourth-order valence-corrected chi connectivity index (χ4v) is 1.98.